The number of rotatable bonds is 4. The number of aryl methyl sites for hydroxylation is 1. The Morgan fingerprint density at radius 2 is 2.12 bits per heavy atom. The van der Waals surface area contributed by atoms with Gasteiger partial charge in [0.15, 0.2) is 0 Å². The van der Waals surface area contributed by atoms with E-state index in [0.29, 0.717) is 17.1 Å². The smallest absolute Gasteiger partial charge is 0.323 e. The molecule has 1 atom stereocenters. The van der Waals surface area contributed by atoms with Crippen LogP contribution in [-0.2, 0) is 27.2 Å². The quantitative estimate of drug-likeness (QED) is 0.658. The summed E-state index contributed by atoms with van der Waals surface area (Å²) in [6, 6.07) is 1.93. The zero-order chi connectivity index (χ0) is 17.8. The van der Waals surface area contributed by atoms with Crippen LogP contribution in [0.3, 0.4) is 0 Å². The van der Waals surface area contributed by atoms with Gasteiger partial charge in [0.05, 0.1) is 19.2 Å². The predicted octanol–water partition coefficient (Wildman–Crippen LogP) is 2.46. The van der Waals surface area contributed by atoms with Crippen molar-refractivity contribution in [3.8, 4) is 6.07 Å². The van der Waals surface area contributed by atoms with Crippen molar-refractivity contribution in [1.82, 2.24) is 4.90 Å². The molecule has 1 N–H and O–H groups in total. The van der Waals surface area contributed by atoms with Gasteiger partial charge in [-0.15, -0.1) is 11.3 Å². The van der Waals surface area contributed by atoms with Gasteiger partial charge in [0, 0.05) is 4.88 Å². The Morgan fingerprint density at radius 1 is 1.32 bits per heavy atom. The van der Waals surface area contributed by atoms with Crippen molar-refractivity contribution in [2.75, 3.05) is 25.5 Å². The second kappa shape index (κ2) is 7.98. The van der Waals surface area contributed by atoms with E-state index < -0.39 is 0 Å². The second-order valence-corrected chi connectivity index (χ2v) is 7.69. The molecular formula is C18H23N3O3S. The number of nitrogens with one attached hydrogen (secondary N) is 1. The molecule has 7 heteroatoms. The SMILES string of the molecule is COC(=O)C1CCCN1CC(=O)Nc1sc2c(c1C#N)CCCCC2. The van der Waals surface area contributed by atoms with Crippen molar-refractivity contribution in [1.29, 1.82) is 5.26 Å². The van der Waals surface area contributed by atoms with Crippen LogP contribution < -0.4 is 5.32 Å². The molecule has 2 aliphatic rings. The number of anilines is 1. The third-order valence-electron chi connectivity index (χ3n) is 4.97. The normalized spacial score (nSPS) is 20.4. The molecule has 6 nitrogen and oxygen atoms in total. The molecule has 1 aromatic rings. The Labute approximate surface area is 151 Å². The zero-order valence-electron chi connectivity index (χ0n) is 14.5. The van der Waals surface area contributed by atoms with E-state index in [-0.39, 0.29) is 24.5 Å². The van der Waals surface area contributed by atoms with Gasteiger partial charge in [-0.3, -0.25) is 14.5 Å². The fourth-order valence-corrected chi connectivity index (χ4v) is 4.97. The van der Waals surface area contributed by atoms with Crippen LogP contribution in [0.15, 0.2) is 0 Å². The molecule has 0 saturated carbocycles. The molecule has 1 amide bonds. The van der Waals surface area contributed by atoms with Gasteiger partial charge in [-0.1, -0.05) is 6.42 Å². The minimum atomic E-state index is -0.341. The van der Waals surface area contributed by atoms with E-state index in [0.717, 1.165) is 44.1 Å². The van der Waals surface area contributed by atoms with E-state index in [9.17, 15) is 14.9 Å². The first-order chi connectivity index (χ1) is 12.1. The summed E-state index contributed by atoms with van der Waals surface area (Å²) < 4.78 is 4.81. The summed E-state index contributed by atoms with van der Waals surface area (Å²) in [7, 11) is 1.37. The second-order valence-electron chi connectivity index (χ2n) is 6.58. The molecule has 0 radical (unpaired) electrons. The number of amides is 1. The lowest BCUT2D eigenvalue weighted by molar-refractivity contribution is -0.146. The van der Waals surface area contributed by atoms with Crippen LogP contribution in [-0.4, -0.2) is 43.0 Å². The highest BCUT2D eigenvalue weighted by atomic mass is 32.1. The van der Waals surface area contributed by atoms with Crippen LogP contribution in [0.1, 0.15) is 48.1 Å². The minimum absolute atomic E-state index is 0.146. The molecule has 1 unspecified atom stereocenters. The van der Waals surface area contributed by atoms with E-state index in [1.54, 1.807) is 0 Å². The number of nitrogens with zero attached hydrogens (tertiary/aromatic N) is 2. The predicted molar refractivity (Wildman–Crippen MR) is 95.5 cm³/mol. The van der Waals surface area contributed by atoms with Crippen LogP contribution in [0, 0.1) is 11.3 Å². The van der Waals surface area contributed by atoms with Crippen molar-refractivity contribution in [2.24, 2.45) is 0 Å². The average Bonchev–Trinajstić information content (AvgIpc) is 3.11. The molecule has 1 aliphatic heterocycles. The number of esters is 1. The summed E-state index contributed by atoms with van der Waals surface area (Å²) in [4.78, 5) is 27.3. The topological polar surface area (TPSA) is 82.4 Å². The Morgan fingerprint density at radius 3 is 2.88 bits per heavy atom. The zero-order valence-corrected chi connectivity index (χ0v) is 15.3. The molecule has 0 aromatic carbocycles. The first kappa shape index (κ1) is 17.9. The average molecular weight is 361 g/mol. The summed E-state index contributed by atoms with van der Waals surface area (Å²) in [6.45, 7) is 0.854. The number of likely N-dealkylation sites (tertiary alicyclic amines) is 1. The molecule has 25 heavy (non-hydrogen) atoms. The summed E-state index contributed by atoms with van der Waals surface area (Å²) in [5, 5.41) is 13.1. The van der Waals surface area contributed by atoms with Gasteiger partial charge in [0.2, 0.25) is 5.91 Å². The summed E-state index contributed by atoms with van der Waals surface area (Å²) in [5.41, 5.74) is 1.75. The Kier molecular flexibility index (Phi) is 5.71. The monoisotopic (exact) mass is 361 g/mol. The maximum atomic E-state index is 12.5. The molecule has 3 rings (SSSR count). The van der Waals surface area contributed by atoms with Gasteiger partial charge in [0.1, 0.15) is 17.1 Å². The number of hydrogen-bond donors (Lipinski definition) is 1. The van der Waals surface area contributed by atoms with Crippen LogP contribution in [0.4, 0.5) is 5.00 Å². The highest BCUT2D eigenvalue weighted by Gasteiger charge is 2.33. The van der Waals surface area contributed by atoms with Crippen LogP contribution >= 0.6 is 11.3 Å². The van der Waals surface area contributed by atoms with E-state index in [2.05, 4.69) is 11.4 Å². The fraction of sp³-hybridized carbons (Fsp3) is 0.611. The van der Waals surface area contributed by atoms with Gasteiger partial charge >= 0.3 is 5.97 Å². The van der Waals surface area contributed by atoms with E-state index in [1.807, 2.05) is 4.90 Å². The van der Waals surface area contributed by atoms with Gasteiger partial charge < -0.3 is 10.1 Å². The number of carbonyl (C=O) groups is 2. The van der Waals surface area contributed by atoms with Crippen LogP contribution in [0.25, 0.3) is 0 Å². The first-order valence-electron chi connectivity index (χ1n) is 8.80. The summed E-state index contributed by atoms with van der Waals surface area (Å²) >= 11 is 1.53. The molecule has 134 valence electrons. The molecule has 1 aromatic heterocycles. The first-order valence-corrected chi connectivity index (χ1v) is 9.62. The number of methoxy groups -OCH3 is 1. The van der Waals surface area contributed by atoms with Crippen molar-refractivity contribution in [2.45, 2.75) is 51.0 Å². The Balaban J connectivity index is 1.69. The van der Waals surface area contributed by atoms with Gasteiger partial charge in [-0.05, 0) is 50.6 Å². The third-order valence-corrected chi connectivity index (χ3v) is 6.18. The van der Waals surface area contributed by atoms with Gasteiger partial charge in [-0.25, -0.2) is 0 Å². The third kappa shape index (κ3) is 3.86. The summed E-state index contributed by atoms with van der Waals surface area (Å²) in [6.07, 6.45) is 6.93. The molecule has 1 aliphatic carbocycles. The highest BCUT2D eigenvalue weighted by molar-refractivity contribution is 7.16. The number of hydrogen-bond acceptors (Lipinski definition) is 6. The van der Waals surface area contributed by atoms with Crippen molar-refractivity contribution in [3.05, 3.63) is 16.0 Å². The number of nitriles is 1. The van der Waals surface area contributed by atoms with E-state index >= 15 is 0 Å². The largest absolute Gasteiger partial charge is 0.468 e. The van der Waals surface area contributed by atoms with E-state index in [4.69, 9.17) is 4.74 Å². The van der Waals surface area contributed by atoms with Gasteiger partial charge in [0.25, 0.3) is 0 Å². The molecule has 0 bridgehead atoms. The standard InChI is InChI=1S/C18H23N3O3S/c1-24-18(23)14-7-5-9-21(14)11-16(22)20-17-13(10-19)12-6-3-2-4-8-15(12)25-17/h14H,2-9,11H2,1H3,(H,20,22). The maximum Gasteiger partial charge on any atom is 0.323 e. The summed E-state index contributed by atoms with van der Waals surface area (Å²) in [5.74, 6) is -0.463. The van der Waals surface area contributed by atoms with Crippen molar-refractivity contribution in [3.63, 3.8) is 0 Å². The molecule has 1 fully saturated rings. The van der Waals surface area contributed by atoms with E-state index in [1.165, 1.54) is 29.7 Å². The highest BCUT2D eigenvalue weighted by Crippen LogP contribution is 2.37. The number of carbonyl (C=O) groups excluding carboxylic acids is 2. The molecule has 0 spiro atoms. The van der Waals surface area contributed by atoms with Crippen molar-refractivity contribution >= 4 is 28.2 Å². The minimum Gasteiger partial charge on any atom is -0.468 e. The number of thiophene rings is 1. The van der Waals surface area contributed by atoms with Crippen LogP contribution in [0.5, 0.6) is 0 Å². The maximum absolute atomic E-state index is 12.5. The molecule has 2 heterocycles. The fourth-order valence-electron chi connectivity index (χ4n) is 3.72. The number of ether oxygens (including phenoxy) is 1. The molecular weight excluding hydrogens is 338 g/mol. The van der Waals surface area contributed by atoms with Crippen LogP contribution in [0.2, 0.25) is 0 Å². The molecule has 1 saturated heterocycles. The Hall–Kier alpha value is -1.91. The lowest BCUT2D eigenvalue weighted by Gasteiger charge is -2.21. The van der Waals surface area contributed by atoms with Crippen molar-refractivity contribution < 1.29 is 14.3 Å². The van der Waals surface area contributed by atoms with Gasteiger partial charge in [-0.2, -0.15) is 5.26 Å². The number of fused-ring (bicyclic) bond motifs is 1. The lowest BCUT2D eigenvalue weighted by Crippen LogP contribution is -2.41. The Bertz CT molecular complexity index is 707. The lowest BCUT2D eigenvalue weighted by atomic mass is 10.1.